The number of pyridine rings is 1. The molecule has 0 spiro atoms. The number of nitrogens with one attached hydrogen (secondary N) is 1. The number of rotatable bonds is 6. The normalized spacial score (nSPS) is 14.3. The Morgan fingerprint density at radius 2 is 1.67 bits per heavy atom. The average molecular weight is 403 g/mol. The first-order chi connectivity index (χ1) is 14.6. The van der Waals surface area contributed by atoms with E-state index in [1.807, 2.05) is 24.4 Å². The maximum atomic E-state index is 4.70. The molecule has 0 unspecified atom stereocenters. The third-order valence-electron chi connectivity index (χ3n) is 5.64. The maximum absolute atomic E-state index is 4.70. The number of aryl methyl sites for hydroxylation is 1. The quantitative estimate of drug-likeness (QED) is 0.665. The summed E-state index contributed by atoms with van der Waals surface area (Å²) in [5.41, 5.74) is 4.85. The lowest BCUT2D eigenvalue weighted by molar-refractivity contribution is 0.644. The van der Waals surface area contributed by atoms with Gasteiger partial charge in [0.1, 0.15) is 11.6 Å². The number of para-hydroxylation sites is 1. The molecule has 6 heteroatoms. The minimum absolute atomic E-state index is 0.384. The SMILES string of the molecule is Cc1ccccc1N1CCN(c2ncccc2CNc2ccc(C(C)C)nn2)CC1. The molecule has 1 saturated heterocycles. The number of anilines is 3. The smallest absolute Gasteiger partial charge is 0.148 e. The molecule has 3 aromatic rings. The fraction of sp³-hybridized carbons (Fsp3) is 0.375. The molecule has 4 rings (SSSR count). The number of piperazine rings is 1. The van der Waals surface area contributed by atoms with Crippen molar-refractivity contribution in [1.82, 2.24) is 15.2 Å². The first kappa shape index (κ1) is 20.1. The standard InChI is InChI=1S/C24H30N6/c1-18(2)21-10-11-23(28-27-21)26-17-20-8-6-12-25-24(20)30-15-13-29(14-16-30)22-9-5-4-7-19(22)3/h4-12,18H,13-17H2,1-3H3,(H,26,28). The van der Waals surface area contributed by atoms with Crippen LogP contribution in [-0.2, 0) is 6.54 Å². The van der Waals surface area contributed by atoms with Gasteiger partial charge in [-0.15, -0.1) is 5.10 Å². The molecule has 0 saturated carbocycles. The van der Waals surface area contributed by atoms with Gasteiger partial charge in [0.05, 0.1) is 5.69 Å². The van der Waals surface area contributed by atoms with Gasteiger partial charge in [-0.25, -0.2) is 4.98 Å². The summed E-state index contributed by atoms with van der Waals surface area (Å²) in [6.07, 6.45) is 1.88. The van der Waals surface area contributed by atoms with Crippen LogP contribution in [0.3, 0.4) is 0 Å². The van der Waals surface area contributed by atoms with Crippen LogP contribution in [0.2, 0.25) is 0 Å². The largest absolute Gasteiger partial charge is 0.368 e. The monoisotopic (exact) mass is 402 g/mol. The molecule has 156 valence electrons. The Balaban J connectivity index is 1.40. The van der Waals surface area contributed by atoms with Gasteiger partial charge in [0.15, 0.2) is 0 Å². The van der Waals surface area contributed by atoms with Gasteiger partial charge < -0.3 is 15.1 Å². The van der Waals surface area contributed by atoms with Crippen LogP contribution < -0.4 is 15.1 Å². The number of benzene rings is 1. The lowest BCUT2D eigenvalue weighted by Gasteiger charge is -2.38. The van der Waals surface area contributed by atoms with Crippen LogP contribution in [0.25, 0.3) is 0 Å². The highest BCUT2D eigenvalue weighted by molar-refractivity contribution is 5.56. The van der Waals surface area contributed by atoms with Crippen molar-refractivity contribution in [3.8, 4) is 0 Å². The van der Waals surface area contributed by atoms with E-state index in [0.717, 1.165) is 43.5 Å². The summed E-state index contributed by atoms with van der Waals surface area (Å²) in [6.45, 7) is 11.0. The van der Waals surface area contributed by atoms with Crippen molar-refractivity contribution < 1.29 is 0 Å². The molecule has 1 aliphatic rings. The van der Waals surface area contributed by atoms with E-state index in [9.17, 15) is 0 Å². The molecular weight excluding hydrogens is 372 g/mol. The van der Waals surface area contributed by atoms with E-state index in [-0.39, 0.29) is 0 Å². The Bertz CT molecular complexity index is 961. The molecule has 6 nitrogen and oxygen atoms in total. The molecule has 0 radical (unpaired) electrons. The zero-order chi connectivity index (χ0) is 20.9. The highest BCUT2D eigenvalue weighted by atomic mass is 15.3. The van der Waals surface area contributed by atoms with Gasteiger partial charge in [-0.2, -0.15) is 5.10 Å². The van der Waals surface area contributed by atoms with E-state index in [1.54, 1.807) is 0 Å². The van der Waals surface area contributed by atoms with Gasteiger partial charge in [-0.1, -0.05) is 38.1 Å². The van der Waals surface area contributed by atoms with E-state index >= 15 is 0 Å². The first-order valence-electron chi connectivity index (χ1n) is 10.7. The van der Waals surface area contributed by atoms with Gasteiger partial charge in [-0.05, 0) is 42.7 Å². The Kier molecular flexibility index (Phi) is 6.12. The average Bonchev–Trinajstić information content (AvgIpc) is 2.79. The highest BCUT2D eigenvalue weighted by Crippen LogP contribution is 2.24. The molecule has 0 bridgehead atoms. The van der Waals surface area contributed by atoms with Crippen molar-refractivity contribution in [2.24, 2.45) is 0 Å². The Hall–Kier alpha value is -3.15. The van der Waals surface area contributed by atoms with Gasteiger partial charge in [0.25, 0.3) is 0 Å². The van der Waals surface area contributed by atoms with E-state index < -0.39 is 0 Å². The van der Waals surface area contributed by atoms with Crippen molar-refractivity contribution in [2.75, 3.05) is 41.3 Å². The second-order valence-electron chi connectivity index (χ2n) is 8.10. The van der Waals surface area contributed by atoms with Crippen molar-refractivity contribution >= 4 is 17.3 Å². The molecule has 30 heavy (non-hydrogen) atoms. The van der Waals surface area contributed by atoms with E-state index in [0.29, 0.717) is 12.5 Å². The Labute approximate surface area is 179 Å². The molecule has 1 fully saturated rings. The summed E-state index contributed by atoms with van der Waals surface area (Å²) in [7, 11) is 0. The predicted octanol–water partition coefficient (Wildman–Crippen LogP) is 4.24. The minimum Gasteiger partial charge on any atom is -0.368 e. The summed E-state index contributed by atoms with van der Waals surface area (Å²) in [5, 5.41) is 12.0. The molecule has 1 N–H and O–H groups in total. The van der Waals surface area contributed by atoms with Crippen LogP contribution in [0.15, 0.2) is 54.7 Å². The number of hydrogen-bond acceptors (Lipinski definition) is 6. The second-order valence-corrected chi connectivity index (χ2v) is 8.10. The van der Waals surface area contributed by atoms with Crippen LogP contribution in [0.4, 0.5) is 17.3 Å². The first-order valence-corrected chi connectivity index (χ1v) is 10.7. The van der Waals surface area contributed by atoms with E-state index in [4.69, 9.17) is 4.98 Å². The molecular formula is C24H30N6. The third kappa shape index (κ3) is 4.53. The van der Waals surface area contributed by atoms with Gasteiger partial charge >= 0.3 is 0 Å². The zero-order valence-electron chi connectivity index (χ0n) is 18.0. The zero-order valence-corrected chi connectivity index (χ0v) is 18.0. The summed E-state index contributed by atoms with van der Waals surface area (Å²) >= 11 is 0. The molecule has 0 amide bonds. The van der Waals surface area contributed by atoms with Crippen LogP contribution >= 0.6 is 0 Å². The van der Waals surface area contributed by atoms with Crippen LogP contribution in [0.5, 0.6) is 0 Å². The molecule has 2 aromatic heterocycles. The van der Waals surface area contributed by atoms with Gasteiger partial charge in [-0.3, -0.25) is 0 Å². The Morgan fingerprint density at radius 3 is 2.37 bits per heavy atom. The summed E-state index contributed by atoms with van der Waals surface area (Å²) in [5.74, 6) is 2.23. The fourth-order valence-electron chi connectivity index (χ4n) is 3.86. The number of aromatic nitrogens is 3. The molecule has 0 atom stereocenters. The third-order valence-corrected chi connectivity index (χ3v) is 5.64. The Morgan fingerprint density at radius 1 is 0.900 bits per heavy atom. The summed E-state index contributed by atoms with van der Waals surface area (Å²) < 4.78 is 0. The maximum Gasteiger partial charge on any atom is 0.148 e. The number of nitrogens with zero attached hydrogens (tertiary/aromatic N) is 5. The fourth-order valence-corrected chi connectivity index (χ4v) is 3.86. The molecule has 0 aliphatic carbocycles. The van der Waals surface area contributed by atoms with Crippen LogP contribution in [0, 0.1) is 6.92 Å². The molecule has 1 aromatic carbocycles. The summed E-state index contributed by atoms with van der Waals surface area (Å²) in [6, 6.07) is 16.8. The van der Waals surface area contributed by atoms with Crippen LogP contribution in [0.1, 0.15) is 36.6 Å². The van der Waals surface area contributed by atoms with Crippen molar-refractivity contribution in [3.05, 3.63) is 71.5 Å². The van der Waals surface area contributed by atoms with E-state index in [2.05, 4.69) is 76.4 Å². The van der Waals surface area contributed by atoms with Gasteiger partial charge in [0, 0.05) is 50.2 Å². The van der Waals surface area contributed by atoms with Gasteiger partial charge in [0.2, 0.25) is 0 Å². The lowest BCUT2D eigenvalue weighted by Crippen LogP contribution is -2.47. The van der Waals surface area contributed by atoms with Crippen LogP contribution in [-0.4, -0.2) is 41.4 Å². The highest BCUT2D eigenvalue weighted by Gasteiger charge is 2.21. The van der Waals surface area contributed by atoms with Crippen molar-refractivity contribution in [3.63, 3.8) is 0 Å². The van der Waals surface area contributed by atoms with E-state index in [1.165, 1.54) is 16.8 Å². The second kappa shape index (κ2) is 9.11. The minimum atomic E-state index is 0.384. The number of hydrogen-bond donors (Lipinski definition) is 1. The molecule has 1 aliphatic heterocycles. The lowest BCUT2D eigenvalue weighted by atomic mass is 10.1. The molecule has 3 heterocycles. The summed E-state index contributed by atoms with van der Waals surface area (Å²) in [4.78, 5) is 9.56. The van der Waals surface area contributed by atoms with Crippen molar-refractivity contribution in [2.45, 2.75) is 33.2 Å². The van der Waals surface area contributed by atoms with Crippen molar-refractivity contribution in [1.29, 1.82) is 0 Å². The predicted molar refractivity (Wildman–Crippen MR) is 123 cm³/mol. The topological polar surface area (TPSA) is 57.2 Å².